The minimum atomic E-state index is -0.970. The molecule has 2 unspecified atom stereocenters. The van der Waals surface area contributed by atoms with Gasteiger partial charge in [0.25, 0.3) is 0 Å². The summed E-state index contributed by atoms with van der Waals surface area (Å²) in [6.45, 7) is 0. The molecule has 5 heteroatoms. The maximum absolute atomic E-state index is 10.6. The molecule has 4 nitrogen and oxygen atoms in total. The molecule has 2 atom stereocenters. The normalized spacial score (nSPS) is 27.4. The Morgan fingerprint density at radius 2 is 1.23 bits per heavy atom. The van der Waals surface area contributed by atoms with Gasteiger partial charge >= 0.3 is 11.9 Å². The van der Waals surface area contributed by atoms with Gasteiger partial charge in [-0.15, -0.1) is 0 Å². The number of carbonyl (C=O) groups is 2. The van der Waals surface area contributed by atoms with Gasteiger partial charge in [-0.25, -0.2) is 0 Å². The predicted molar refractivity (Wildman–Crippen MR) is 46.5 cm³/mol. The van der Waals surface area contributed by atoms with Crippen LogP contribution < -0.4 is 0 Å². The van der Waals surface area contributed by atoms with Crippen LogP contribution in [-0.2, 0) is 9.59 Å². The van der Waals surface area contributed by atoms with E-state index >= 15 is 0 Å². The molecule has 2 N–H and O–H groups in total. The van der Waals surface area contributed by atoms with Gasteiger partial charge in [0.15, 0.2) is 0 Å². The van der Waals surface area contributed by atoms with Crippen LogP contribution in [0.15, 0.2) is 0 Å². The van der Waals surface area contributed by atoms with Gasteiger partial charge in [-0.2, -0.15) is 0 Å². The molecular formula is C8H12CaO4. The Hall–Kier alpha value is 0.200. The van der Waals surface area contributed by atoms with Gasteiger partial charge in [-0.1, -0.05) is 12.8 Å². The summed E-state index contributed by atoms with van der Waals surface area (Å²) in [6, 6.07) is 0. The molecule has 13 heavy (non-hydrogen) atoms. The standard InChI is InChI=1S/C8H12O4.Ca/c9-7(10)5-3-1-2-4-6(5)8(11)12;/h5-6H,1-4H2,(H,9,10)(H,11,12);. The maximum atomic E-state index is 10.6. The molecule has 70 valence electrons. The Labute approximate surface area is 106 Å². The molecule has 0 aliphatic heterocycles. The maximum Gasteiger partial charge on any atom is 0.307 e. The zero-order valence-corrected chi connectivity index (χ0v) is 9.61. The van der Waals surface area contributed by atoms with Crippen LogP contribution in [0.3, 0.4) is 0 Å². The van der Waals surface area contributed by atoms with Gasteiger partial charge in [0.1, 0.15) is 0 Å². The van der Waals surface area contributed by atoms with E-state index in [1.165, 1.54) is 0 Å². The van der Waals surface area contributed by atoms with E-state index in [1.54, 1.807) is 0 Å². The van der Waals surface area contributed by atoms with E-state index in [0.717, 1.165) is 12.8 Å². The number of hydrogen-bond donors (Lipinski definition) is 2. The summed E-state index contributed by atoms with van der Waals surface area (Å²) in [6.07, 6.45) is 2.68. The molecule has 1 aliphatic rings. The SMILES string of the molecule is O=C(O)C1CCCCC1C(=O)O.[Ca]. The Morgan fingerprint density at radius 1 is 0.923 bits per heavy atom. The van der Waals surface area contributed by atoms with E-state index in [-0.39, 0.29) is 37.7 Å². The summed E-state index contributed by atoms with van der Waals surface area (Å²) in [4.78, 5) is 21.2. The van der Waals surface area contributed by atoms with Gasteiger partial charge < -0.3 is 10.2 Å². The quantitative estimate of drug-likeness (QED) is 0.657. The van der Waals surface area contributed by atoms with Gasteiger partial charge in [0.05, 0.1) is 11.8 Å². The Kier molecular flexibility index (Phi) is 5.92. The number of rotatable bonds is 2. The van der Waals surface area contributed by atoms with Crippen molar-refractivity contribution in [3.05, 3.63) is 0 Å². The fraction of sp³-hybridized carbons (Fsp3) is 0.750. The van der Waals surface area contributed by atoms with Crippen LogP contribution in [0, 0.1) is 11.8 Å². The van der Waals surface area contributed by atoms with Crippen molar-refractivity contribution in [2.75, 3.05) is 0 Å². The van der Waals surface area contributed by atoms with Crippen LogP contribution >= 0.6 is 0 Å². The molecule has 1 fully saturated rings. The van der Waals surface area contributed by atoms with Crippen molar-refractivity contribution in [3.63, 3.8) is 0 Å². The zero-order valence-electron chi connectivity index (χ0n) is 7.40. The summed E-state index contributed by atoms with van der Waals surface area (Å²) >= 11 is 0. The molecular weight excluding hydrogens is 200 g/mol. The molecule has 0 spiro atoms. The predicted octanol–water partition coefficient (Wildman–Crippen LogP) is 0.581. The molecule has 2 radical (unpaired) electrons. The summed E-state index contributed by atoms with van der Waals surface area (Å²) in [7, 11) is 0. The van der Waals surface area contributed by atoms with Crippen LogP contribution in [0.25, 0.3) is 0 Å². The van der Waals surface area contributed by atoms with E-state index in [9.17, 15) is 9.59 Å². The third-order valence-electron chi connectivity index (χ3n) is 2.40. The Morgan fingerprint density at radius 3 is 1.46 bits per heavy atom. The van der Waals surface area contributed by atoms with E-state index in [1.807, 2.05) is 0 Å². The molecule has 0 amide bonds. The number of carboxylic acid groups (broad SMARTS) is 2. The van der Waals surface area contributed by atoms with Crippen molar-refractivity contribution < 1.29 is 19.8 Å². The van der Waals surface area contributed by atoms with Crippen LogP contribution in [0.1, 0.15) is 25.7 Å². The summed E-state index contributed by atoms with van der Waals surface area (Å²) in [5, 5.41) is 17.4. The Bertz CT molecular complexity index is 182. The third kappa shape index (κ3) is 3.44. The molecule has 0 aromatic rings. The monoisotopic (exact) mass is 212 g/mol. The first-order valence-corrected chi connectivity index (χ1v) is 4.08. The largest absolute Gasteiger partial charge is 0.481 e. The average molecular weight is 212 g/mol. The number of aliphatic carboxylic acids is 2. The van der Waals surface area contributed by atoms with Crippen molar-refractivity contribution in [2.45, 2.75) is 25.7 Å². The van der Waals surface area contributed by atoms with Crippen LogP contribution in [0.4, 0.5) is 0 Å². The number of hydrogen-bond acceptors (Lipinski definition) is 2. The van der Waals surface area contributed by atoms with E-state index in [4.69, 9.17) is 10.2 Å². The summed E-state index contributed by atoms with van der Waals surface area (Å²) in [5.74, 6) is -3.28. The first-order chi connectivity index (χ1) is 5.63. The van der Waals surface area contributed by atoms with Crippen molar-refractivity contribution >= 4 is 49.7 Å². The molecule has 1 aliphatic carbocycles. The zero-order chi connectivity index (χ0) is 9.14. The fourth-order valence-electron chi connectivity index (χ4n) is 1.72. The first-order valence-electron chi connectivity index (χ1n) is 4.08. The fourth-order valence-corrected chi connectivity index (χ4v) is 1.72. The summed E-state index contributed by atoms with van der Waals surface area (Å²) < 4.78 is 0. The van der Waals surface area contributed by atoms with E-state index < -0.39 is 23.8 Å². The average Bonchev–Trinajstić information content (AvgIpc) is 2.04. The van der Waals surface area contributed by atoms with Gasteiger partial charge in [0, 0.05) is 37.7 Å². The second kappa shape index (κ2) is 5.83. The Balaban J connectivity index is 0.00000144. The van der Waals surface area contributed by atoms with Crippen molar-refractivity contribution in [3.8, 4) is 0 Å². The molecule has 1 saturated carbocycles. The van der Waals surface area contributed by atoms with Crippen LogP contribution in [0.2, 0.25) is 0 Å². The van der Waals surface area contributed by atoms with Gasteiger partial charge in [-0.3, -0.25) is 9.59 Å². The second-order valence-corrected chi connectivity index (χ2v) is 3.17. The van der Waals surface area contributed by atoms with Gasteiger partial charge in [0.2, 0.25) is 0 Å². The summed E-state index contributed by atoms with van der Waals surface area (Å²) in [5.41, 5.74) is 0. The van der Waals surface area contributed by atoms with Crippen LogP contribution in [0.5, 0.6) is 0 Å². The first kappa shape index (κ1) is 13.2. The topological polar surface area (TPSA) is 74.6 Å². The molecule has 0 aromatic heterocycles. The van der Waals surface area contributed by atoms with Crippen LogP contribution in [-0.4, -0.2) is 59.9 Å². The molecule has 1 rings (SSSR count). The minimum absolute atomic E-state index is 0. The van der Waals surface area contributed by atoms with Gasteiger partial charge in [-0.05, 0) is 12.8 Å². The van der Waals surface area contributed by atoms with Crippen molar-refractivity contribution in [1.82, 2.24) is 0 Å². The smallest absolute Gasteiger partial charge is 0.307 e. The third-order valence-corrected chi connectivity index (χ3v) is 2.40. The molecule has 0 saturated heterocycles. The second-order valence-electron chi connectivity index (χ2n) is 3.17. The molecule has 0 heterocycles. The number of carboxylic acids is 2. The van der Waals surface area contributed by atoms with Crippen molar-refractivity contribution in [2.24, 2.45) is 11.8 Å². The van der Waals surface area contributed by atoms with E-state index in [2.05, 4.69) is 0 Å². The van der Waals surface area contributed by atoms with Crippen molar-refractivity contribution in [1.29, 1.82) is 0 Å². The minimum Gasteiger partial charge on any atom is -0.481 e. The van der Waals surface area contributed by atoms with E-state index in [0.29, 0.717) is 12.8 Å². The molecule has 0 aromatic carbocycles. The molecule has 0 bridgehead atoms.